The van der Waals surface area contributed by atoms with Gasteiger partial charge in [0.2, 0.25) is 0 Å². The molecule has 0 bridgehead atoms. The maximum Gasteiger partial charge on any atom is 0.129 e. The summed E-state index contributed by atoms with van der Waals surface area (Å²) >= 11 is 0. The number of aryl methyl sites for hydroxylation is 1. The SMILES string of the molecule is CCN1CCOC(C(NN)c2nccn2C)C1. The Hall–Kier alpha value is -0.950. The van der Waals surface area contributed by atoms with E-state index in [9.17, 15) is 0 Å². The van der Waals surface area contributed by atoms with Crippen molar-refractivity contribution in [1.82, 2.24) is 19.9 Å². The minimum atomic E-state index is -0.0654. The first-order chi connectivity index (χ1) is 8.26. The Bertz CT molecular complexity index is 353. The van der Waals surface area contributed by atoms with Gasteiger partial charge in [-0.1, -0.05) is 6.92 Å². The maximum absolute atomic E-state index is 5.80. The average Bonchev–Trinajstić information content (AvgIpc) is 2.77. The zero-order chi connectivity index (χ0) is 12.3. The van der Waals surface area contributed by atoms with Gasteiger partial charge in [0, 0.05) is 32.5 Å². The van der Waals surface area contributed by atoms with E-state index >= 15 is 0 Å². The number of nitrogens with one attached hydrogen (secondary N) is 1. The Morgan fingerprint density at radius 3 is 3.12 bits per heavy atom. The van der Waals surface area contributed by atoms with Crippen molar-refractivity contribution in [3.05, 3.63) is 18.2 Å². The molecule has 0 aromatic carbocycles. The lowest BCUT2D eigenvalue weighted by Gasteiger charge is -2.35. The number of hydrogen-bond acceptors (Lipinski definition) is 5. The monoisotopic (exact) mass is 239 g/mol. The smallest absolute Gasteiger partial charge is 0.129 e. The van der Waals surface area contributed by atoms with Crippen LogP contribution < -0.4 is 11.3 Å². The minimum absolute atomic E-state index is 0.0507. The van der Waals surface area contributed by atoms with Crippen LogP contribution in [0, 0.1) is 0 Å². The fraction of sp³-hybridized carbons (Fsp3) is 0.727. The van der Waals surface area contributed by atoms with Gasteiger partial charge >= 0.3 is 0 Å². The predicted octanol–water partition coefficient (Wildman–Crippen LogP) is -0.355. The second-order valence-electron chi connectivity index (χ2n) is 4.34. The molecule has 2 heterocycles. The number of nitrogens with two attached hydrogens (primary N) is 1. The molecule has 2 rings (SSSR count). The van der Waals surface area contributed by atoms with E-state index in [1.165, 1.54) is 0 Å². The van der Waals surface area contributed by atoms with Gasteiger partial charge in [-0.25, -0.2) is 10.4 Å². The molecule has 0 saturated carbocycles. The van der Waals surface area contributed by atoms with Gasteiger partial charge < -0.3 is 9.30 Å². The molecule has 1 saturated heterocycles. The molecule has 6 nitrogen and oxygen atoms in total. The summed E-state index contributed by atoms with van der Waals surface area (Å²) in [4.78, 5) is 6.70. The van der Waals surface area contributed by atoms with Crippen molar-refractivity contribution in [2.75, 3.05) is 26.2 Å². The van der Waals surface area contributed by atoms with Crippen molar-refractivity contribution in [3.8, 4) is 0 Å². The van der Waals surface area contributed by atoms with Gasteiger partial charge in [0.25, 0.3) is 0 Å². The van der Waals surface area contributed by atoms with E-state index in [-0.39, 0.29) is 12.1 Å². The Kier molecular flexibility index (Phi) is 4.11. The quantitative estimate of drug-likeness (QED) is 0.555. The zero-order valence-electron chi connectivity index (χ0n) is 10.5. The van der Waals surface area contributed by atoms with E-state index in [0.29, 0.717) is 0 Å². The lowest BCUT2D eigenvalue weighted by atomic mass is 10.1. The van der Waals surface area contributed by atoms with E-state index in [1.807, 2.05) is 17.8 Å². The molecule has 2 atom stereocenters. The third kappa shape index (κ3) is 2.66. The Balaban J connectivity index is 2.10. The first-order valence-electron chi connectivity index (χ1n) is 6.03. The highest BCUT2D eigenvalue weighted by molar-refractivity contribution is 5.02. The highest BCUT2D eigenvalue weighted by atomic mass is 16.5. The molecule has 17 heavy (non-hydrogen) atoms. The highest BCUT2D eigenvalue weighted by Gasteiger charge is 2.30. The standard InChI is InChI=1S/C11H21N5O/c1-3-16-6-7-17-9(8-16)10(14-12)11-13-4-5-15(11)2/h4-5,9-10,14H,3,6-8,12H2,1-2H3. The van der Waals surface area contributed by atoms with Gasteiger partial charge in [0.1, 0.15) is 11.9 Å². The largest absolute Gasteiger partial charge is 0.373 e. The van der Waals surface area contributed by atoms with Gasteiger partial charge in [-0.15, -0.1) is 0 Å². The third-order valence-corrected chi connectivity index (χ3v) is 3.31. The van der Waals surface area contributed by atoms with E-state index in [1.54, 1.807) is 6.20 Å². The summed E-state index contributed by atoms with van der Waals surface area (Å²) in [5.41, 5.74) is 2.82. The first kappa shape index (κ1) is 12.5. The number of imidazole rings is 1. The third-order valence-electron chi connectivity index (χ3n) is 3.31. The van der Waals surface area contributed by atoms with Gasteiger partial charge in [0.15, 0.2) is 0 Å². The average molecular weight is 239 g/mol. The summed E-state index contributed by atoms with van der Waals surface area (Å²) < 4.78 is 7.78. The summed E-state index contributed by atoms with van der Waals surface area (Å²) in [6.45, 7) is 5.83. The Labute approximate surface area is 102 Å². The highest BCUT2D eigenvalue weighted by Crippen LogP contribution is 2.20. The van der Waals surface area contributed by atoms with Crippen LogP contribution in [0.2, 0.25) is 0 Å². The molecular weight excluding hydrogens is 218 g/mol. The van der Waals surface area contributed by atoms with Crippen molar-refractivity contribution < 1.29 is 4.74 Å². The molecule has 3 N–H and O–H groups in total. The van der Waals surface area contributed by atoms with Crippen molar-refractivity contribution in [2.24, 2.45) is 12.9 Å². The number of hydrazine groups is 1. The number of morpholine rings is 1. The van der Waals surface area contributed by atoms with Crippen LogP contribution in [-0.4, -0.2) is 46.8 Å². The lowest BCUT2D eigenvalue weighted by Crippen LogP contribution is -2.50. The fourth-order valence-corrected chi connectivity index (χ4v) is 2.25. The first-order valence-corrected chi connectivity index (χ1v) is 6.03. The van der Waals surface area contributed by atoms with E-state index in [2.05, 4.69) is 22.2 Å². The zero-order valence-corrected chi connectivity index (χ0v) is 10.5. The minimum Gasteiger partial charge on any atom is -0.373 e. The van der Waals surface area contributed by atoms with Crippen LogP contribution in [0.15, 0.2) is 12.4 Å². The van der Waals surface area contributed by atoms with Crippen molar-refractivity contribution >= 4 is 0 Å². The molecule has 1 aliphatic rings. The van der Waals surface area contributed by atoms with Crippen LogP contribution in [-0.2, 0) is 11.8 Å². The van der Waals surface area contributed by atoms with Crippen molar-refractivity contribution in [2.45, 2.75) is 19.1 Å². The van der Waals surface area contributed by atoms with Crippen LogP contribution in [0.5, 0.6) is 0 Å². The van der Waals surface area contributed by atoms with Crippen LogP contribution in [0.1, 0.15) is 18.8 Å². The topological polar surface area (TPSA) is 68.3 Å². The molecule has 0 amide bonds. The molecular formula is C11H21N5O. The molecule has 0 aliphatic carbocycles. The predicted molar refractivity (Wildman–Crippen MR) is 65.1 cm³/mol. The molecule has 1 aliphatic heterocycles. The van der Waals surface area contributed by atoms with Crippen LogP contribution >= 0.6 is 0 Å². The Morgan fingerprint density at radius 2 is 2.53 bits per heavy atom. The lowest BCUT2D eigenvalue weighted by molar-refractivity contribution is -0.0474. The second-order valence-corrected chi connectivity index (χ2v) is 4.34. The molecule has 6 heteroatoms. The number of nitrogens with zero attached hydrogens (tertiary/aromatic N) is 3. The number of ether oxygens (including phenoxy) is 1. The van der Waals surface area contributed by atoms with E-state index in [0.717, 1.165) is 32.1 Å². The number of aromatic nitrogens is 2. The number of rotatable bonds is 4. The van der Waals surface area contributed by atoms with Crippen molar-refractivity contribution in [3.63, 3.8) is 0 Å². The maximum atomic E-state index is 5.80. The summed E-state index contributed by atoms with van der Waals surface area (Å²) in [6.07, 6.45) is 3.75. The molecule has 2 unspecified atom stereocenters. The molecule has 96 valence electrons. The van der Waals surface area contributed by atoms with Gasteiger partial charge in [-0.2, -0.15) is 0 Å². The molecule has 0 radical (unpaired) electrons. The molecule has 0 spiro atoms. The summed E-state index contributed by atoms with van der Waals surface area (Å²) in [5.74, 6) is 6.56. The summed E-state index contributed by atoms with van der Waals surface area (Å²) in [6, 6.07) is -0.0654. The Morgan fingerprint density at radius 1 is 1.71 bits per heavy atom. The van der Waals surface area contributed by atoms with E-state index < -0.39 is 0 Å². The van der Waals surface area contributed by atoms with Gasteiger partial charge in [-0.3, -0.25) is 10.7 Å². The molecule has 1 aromatic heterocycles. The van der Waals surface area contributed by atoms with Crippen molar-refractivity contribution in [1.29, 1.82) is 0 Å². The van der Waals surface area contributed by atoms with Crippen LogP contribution in [0.4, 0.5) is 0 Å². The summed E-state index contributed by atoms with van der Waals surface area (Å²) in [5, 5.41) is 0. The van der Waals surface area contributed by atoms with Crippen LogP contribution in [0.25, 0.3) is 0 Å². The van der Waals surface area contributed by atoms with Crippen LogP contribution in [0.3, 0.4) is 0 Å². The number of likely N-dealkylation sites (N-methyl/N-ethyl adjacent to an activating group) is 1. The molecule has 1 aromatic rings. The van der Waals surface area contributed by atoms with E-state index in [4.69, 9.17) is 10.6 Å². The normalized spacial score (nSPS) is 23.8. The second kappa shape index (κ2) is 5.59. The fourth-order valence-electron chi connectivity index (χ4n) is 2.25. The van der Waals surface area contributed by atoms with Gasteiger partial charge in [-0.05, 0) is 6.54 Å². The van der Waals surface area contributed by atoms with Gasteiger partial charge in [0.05, 0.1) is 12.7 Å². The summed E-state index contributed by atoms with van der Waals surface area (Å²) in [7, 11) is 1.97. The number of hydrogen-bond donors (Lipinski definition) is 2. The molecule has 1 fully saturated rings.